The molecule has 0 spiro atoms. The van der Waals surface area contributed by atoms with Crippen molar-refractivity contribution in [2.24, 2.45) is 10.1 Å². The van der Waals surface area contributed by atoms with Crippen LogP contribution >= 0.6 is 11.3 Å². The Morgan fingerprint density at radius 1 is 1.00 bits per heavy atom. The number of fused-ring (bicyclic) bond motifs is 4. The Morgan fingerprint density at radius 3 is 2.77 bits per heavy atom. The molecule has 1 aliphatic heterocycles. The van der Waals surface area contributed by atoms with Gasteiger partial charge in [-0.05, 0) is 29.6 Å². The zero-order valence-electron chi connectivity index (χ0n) is 16.2. The number of aromatic amines is 1. The first-order chi connectivity index (χ1) is 15.3. The first-order valence-corrected chi connectivity index (χ1v) is 10.6. The van der Waals surface area contributed by atoms with Gasteiger partial charge in [-0.25, -0.2) is 9.98 Å². The fraction of sp³-hybridized carbons (Fsp3) is 0. The van der Waals surface area contributed by atoms with Crippen LogP contribution in [0, 0.1) is 0 Å². The zero-order chi connectivity index (χ0) is 20.8. The molecule has 6 nitrogen and oxygen atoms in total. The second kappa shape index (κ2) is 7.00. The fourth-order valence-corrected chi connectivity index (χ4v) is 4.58. The predicted octanol–water partition coefficient (Wildman–Crippen LogP) is 3.34. The second-order valence-electron chi connectivity index (χ2n) is 7.15. The normalized spacial score (nSPS) is 13.3. The Labute approximate surface area is 180 Å². The molecule has 6 rings (SSSR count). The number of pyridine rings is 1. The number of hydrogen-bond donors (Lipinski definition) is 2. The van der Waals surface area contributed by atoms with Crippen molar-refractivity contribution >= 4 is 51.0 Å². The first kappa shape index (κ1) is 17.7. The van der Waals surface area contributed by atoms with E-state index < -0.39 is 0 Å². The van der Waals surface area contributed by atoms with Crippen molar-refractivity contribution in [2.75, 3.05) is 0 Å². The highest BCUT2D eigenvalue weighted by Gasteiger charge is 2.16. The van der Waals surface area contributed by atoms with E-state index in [1.165, 1.54) is 0 Å². The van der Waals surface area contributed by atoms with Gasteiger partial charge >= 0.3 is 0 Å². The first-order valence-electron chi connectivity index (χ1n) is 9.75. The minimum absolute atomic E-state index is 0.322. The molecule has 3 aromatic heterocycles. The molecule has 0 radical (unpaired) electrons. The van der Waals surface area contributed by atoms with Gasteiger partial charge in [-0.3, -0.25) is 10.2 Å². The van der Waals surface area contributed by atoms with Gasteiger partial charge in [0.1, 0.15) is 11.4 Å². The highest BCUT2D eigenvalue weighted by atomic mass is 32.1. The molecule has 4 heterocycles. The molecular weight excluding hydrogens is 406 g/mol. The van der Waals surface area contributed by atoms with Gasteiger partial charge in [0.15, 0.2) is 0 Å². The Hall–Kier alpha value is -4.10. The largest absolute Gasteiger partial charge is 0.353 e. The Morgan fingerprint density at radius 2 is 1.87 bits per heavy atom. The number of thiophene rings is 1. The number of rotatable bonds is 4. The van der Waals surface area contributed by atoms with Crippen molar-refractivity contribution in [3.8, 4) is 10.6 Å². The van der Waals surface area contributed by atoms with E-state index >= 15 is 0 Å². The molecule has 0 atom stereocenters. The molecule has 5 aromatic rings. The Bertz CT molecular complexity index is 1630. The van der Waals surface area contributed by atoms with Crippen LogP contribution in [-0.4, -0.2) is 22.1 Å². The number of carbonyl (C=O) groups excluding carboxylic acids is 1. The van der Waals surface area contributed by atoms with Crippen LogP contribution in [0.1, 0.15) is 5.69 Å². The van der Waals surface area contributed by atoms with Crippen LogP contribution in [0.15, 0.2) is 82.2 Å². The lowest BCUT2D eigenvalue weighted by molar-refractivity contribution is -0.113. The number of hydrogen-bond acceptors (Lipinski definition) is 5. The molecule has 0 fully saturated rings. The average Bonchev–Trinajstić information content (AvgIpc) is 3.51. The molecule has 148 valence electrons. The van der Waals surface area contributed by atoms with E-state index in [-0.39, 0.29) is 5.91 Å². The standard InChI is InChI=1S/C24H15N5OS/c30-24-22(16-7-2-4-9-19(16)28-24)29-25-13-14-12-17-15-6-1-3-8-18(15)27-21(17)23(26-14)20-10-5-11-31-20/h1-13,27H,(H,28,29,30)/b25-13+. The van der Waals surface area contributed by atoms with Crippen LogP contribution in [0.5, 0.6) is 0 Å². The van der Waals surface area contributed by atoms with Gasteiger partial charge in [0, 0.05) is 21.5 Å². The number of H-pyrrole nitrogens is 1. The summed E-state index contributed by atoms with van der Waals surface area (Å²) in [6.07, 6.45) is 1.64. The third-order valence-corrected chi connectivity index (χ3v) is 6.13. The van der Waals surface area contributed by atoms with Crippen LogP contribution < -0.4 is 16.0 Å². The third kappa shape index (κ3) is 2.94. The minimum atomic E-state index is -0.322. The third-order valence-electron chi connectivity index (χ3n) is 5.25. The van der Waals surface area contributed by atoms with Crippen molar-refractivity contribution in [1.82, 2.24) is 15.4 Å². The van der Waals surface area contributed by atoms with E-state index in [0.29, 0.717) is 16.7 Å². The molecule has 0 bridgehead atoms. The summed E-state index contributed by atoms with van der Waals surface area (Å²) in [4.78, 5) is 25.7. The lowest BCUT2D eigenvalue weighted by atomic mass is 10.1. The lowest BCUT2D eigenvalue weighted by Crippen LogP contribution is -2.26. The van der Waals surface area contributed by atoms with Gasteiger partial charge in [0.05, 0.1) is 27.7 Å². The number of nitrogens with one attached hydrogen (secondary N) is 2. The number of hydrazone groups is 1. The topological polar surface area (TPSA) is 82.5 Å². The van der Waals surface area contributed by atoms with Crippen molar-refractivity contribution < 1.29 is 4.79 Å². The number of nitrogens with zero attached hydrogens (tertiary/aromatic N) is 3. The predicted molar refractivity (Wildman–Crippen MR) is 123 cm³/mol. The molecule has 31 heavy (non-hydrogen) atoms. The highest BCUT2D eigenvalue weighted by Crippen LogP contribution is 2.34. The molecule has 1 aliphatic rings. The van der Waals surface area contributed by atoms with Crippen LogP contribution in [0.2, 0.25) is 0 Å². The van der Waals surface area contributed by atoms with Crippen molar-refractivity contribution in [3.63, 3.8) is 0 Å². The summed E-state index contributed by atoms with van der Waals surface area (Å²) < 4.78 is 0. The van der Waals surface area contributed by atoms with Gasteiger partial charge < -0.3 is 4.98 Å². The summed E-state index contributed by atoms with van der Waals surface area (Å²) in [5.41, 5.74) is 6.89. The van der Waals surface area contributed by atoms with Crippen LogP contribution in [-0.2, 0) is 4.79 Å². The molecule has 2 aromatic carbocycles. The number of amides is 1. The monoisotopic (exact) mass is 421 g/mol. The summed E-state index contributed by atoms with van der Waals surface area (Å²) in [5.74, 6) is -0.322. The maximum Gasteiger partial charge on any atom is 0.296 e. The van der Waals surface area contributed by atoms with Crippen molar-refractivity contribution in [2.45, 2.75) is 0 Å². The molecule has 1 amide bonds. The van der Waals surface area contributed by atoms with E-state index in [1.807, 2.05) is 53.9 Å². The maximum absolute atomic E-state index is 12.2. The van der Waals surface area contributed by atoms with E-state index in [2.05, 4.69) is 38.7 Å². The highest BCUT2D eigenvalue weighted by molar-refractivity contribution is 7.13. The van der Waals surface area contributed by atoms with Gasteiger partial charge in [-0.15, -0.1) is 11.3 Å². The maximum atomic E-state index is 12.2. The Balaban J connectivity index is 1.46. The molecule has 0 unspecified atom stereocenters. The summed E-state index contributed by atoms with van der Waals surface area (Å²) in [6, 6.07) is 21.7. The summed E-state index contributed by atoms with van der Waals surface area (Å²) in [5, 5.41) is 9.97. The molecule has 0 aliphatic carbocycles. The number of carbonyl (C=O) groups is 1. The zero-order valence-corrected chi connectivity index (χ0v) is 17.0. The minimum Gasteiger partial charge on any atom is -0.353 e. The number of para-hydroxylation sites is 2. The van der Waals surface area contributed by atoms with Crippen molar-refractivity contribution in [3.05, 3.63) is 88.4 Å². The van der Waals surface area contributed by atoms with Crippen molar-refractivity contribution in [1.29, 1.82) is 0 Å². The summed E-state index contributed by atoms with van der Waals surface area (Å²) in [6.45, 7) is 0. The van der Waals surface area contributed by atoms with E-state index in [9.17, 15) is 4.79 Å². The number of benzene rings is 2. The molecule has 7 heteroatoms. The van der Waals surface area contributed by atoms with Gasteiger partial charge in [-0.1, -0.05) is 42.5 Å². The van der Waals surface area contributed by atoms with Gasteiger partial charge in [-0.2, -0.15) is 5.10 Å². The smallest absolute Gasteiger partial charge is 0.296 e. The molecule has 0 saturated carbocycles. The summed E-state index contributed by atoms with van der Waals surface area (Å²) in [7, 11) is 0. The fourth-order valence-electron chi connectivity index (χ4n) is 3.86. The van der Waals surface area contributed by atoms with Crippen LogP contribution in [0.25, 0.3) is 38.1 Å². The summed E-state index contributed by atoms with van der Waals surface area (Å²) >= 11 is 1.64. The number of aromatic nitrogens is 2. The van der Waals surface area contributed by atoms with E-state index in [0.717, 1.165) is 37.6 Å². The lowest BCUT2D eigenvalue weighted by Gasteiger charge is -2.03. The van der Waals surface area contributed by atoms with E-state index in [1.54, 1.807) is 17.6 Å². The van der Waals surface area contributed by atoms with E-state index in [4.69, 9.17) is 4.98 Å². The van der Waals surface area contributed by atoms with Gasteiger partial charge in [0.25, 0.3) is 5.91 Å². The molecular formula is C24H15N5OS. The quantitative estimate of drug-likeness (QED) is 0.345. The van der Waals surface area contributed by atoms with Crippen LogP contribution in [0.4, 0.5) is 0 Å². The molecule has 0 saturated heterocycles. The Kier molecular flexibility index (Phi) is 4.00. The van der Waals surface area contributed by atoms with Crippen LogP contribution in [0.3, 0.4) is 0 Å². The second-order valence-corrected chi connectivity index (χ2v) is 8.09. The molecule has 2 N–H and O–H groups in total. The SMILES string of the molecule is O=C1N=c2ccccc2=C1N/N=C/c1cc2c([nH]c3ccccc32)c(-c2cccs2)n1. The van der Waals surface area contributed by atoms with Gasteiger partial charge in [0.2, 0.25) is 0 Å². The average molecular weight is 421 g/mol.